The molecule has 0 atom stereocenters. The van der Waals surface area contributed by atoms with Crippen LogP contribution in [0.15, 0.2) is 28.8 Å². The molecule has 1 aromatic heterocycles. The van der Waals surface area contributed by atoms with Crippen LogP contribution >= 0.6 is 0 Å². The first-order chi connectivity index (χ1) is 7.22. The molecule has 3 nitrogen and oxygen atoms in total. The van der Waals surface area contributed by atoms with E-state index in [1.54, 1.807) is 0 Å². The highest BCUT2D eigenvalue weighted by Gasteiger charge is 2.12. The van der Waals surface area contributed by atoms with Crippen LogP contribution in [0.4, 0.5) is 0 Å². The summed E-state index contributed by atoms with van der Waals surface area (Å²) in [7, 11) is 0. The van der Waals surface area contributed by atoms with Crippen LogP contribution in [0, 0.1) is 13.8 Å². The van der Waals surface area contributed by atoms with Crippen molar-refractivity contribution in [2.75, 3.05) is 0 Å². The SMILES string of the molecule is Cc1cccc(-c2noc(C)c2CN)c1. The van der Waals surface area contributed by atoms with Gasteiger partial charge in [-0.1, -0.05) is 28.9 Å². The first-order valence-electron chi connectivity index (χ1n) is 4.94. The number of rotatable bonds is 2. The van der Waals surface area contributed by atoms with Gasteiger partial charge < -0.3 is 10.3 Å². The maximum Gasteiger partial charge on any atom is 0.138 e. The smallest absolute Gasteiger partial charge is 0.138 e. The van der Waals surface area contributed by atoms with Crippen LogP contribution in [0.3, 0.4) is 0 Å². The average Bonchev–Trinajstić information content (AvgIpc) is 2.59. The molecule has 2 N–H and O–H groups in total. The molecule has 0 saturated heterocycles. The van der Waals surface area contributed by atoms with E-state index in [4.69, 9.17) is 10.3 Å². The summed E-state index contributed by atoms with van der Waals surface area (Å²) in [4.78, 5) is 0. The molecule has 0 radical (unpaired) electrons. The van der Waals surface area contributed by atoms with Gasteiger partial charge in [-0.15, -0.1) is 0 Å². The van der Waals surface area contributed by atoms with E-state index in [2.05, 4.69) is 24.2 Å². The van der Waals surface area contributed by atoms with Crippen molar-refractivity contribution in [3.8, 4) is 11.3 Å². The third-order valence-corrected chi connectivity index (χ3v) is 2.48. The van der Waals surface area contributed by atoms with Crippen LogP contribution in [-0.2, 0) is 6.54 Å². The number of hydrogen-bond donors (Lipinski definition) is 1. The highest BCUT2D eigenvalue weighted by molar-refractivity contribution is 5.64. The Hall–Kier alpha value is -1.61. The molecule has 0 aliphatic rings. The molecule has 78 valence electrons. The van der Waals surface area contributed by atoms with Crippen molar-refractivity contribution in [2.45, 2.75) is 20.4 Å². The summed E-state index contributed by atoms with van der Waals surface area (Å²) in [5.74, 6) is 0.800. The first-order valence-corrected chi connectivity index (χ1v) is 4.94. The molecule has 3 heteroatoms. The van der Waals surface area contributed by atoms with E-state index in [1.165, 1.54) is 5.56 Å². The lowest BCUT2D eigenvalue weighted by molar-refractivity contribution is 0.398. The summed E-state index contributed by atoms with van der Waals surface area (Å²) < 4.78 is 5.15. The van der Waals surface area contributed by atoms with Crippen LogP contribution in [0.2, 0.25) is 0 Å². The molecule has 0 fully saturated rings. The number of aromatic nitrogens is 1. The topological polar surface area (TPSA) is 52.0 Å². The second kappa shape index (κ2) is 3.87. The lowest BCUT2D eigenvalue weighted by atomic mass is 10.0. The fourth-order valence-corrected chi connectivity index (χ4v) is 1.65. The van der Waals surface area contributed by atoms with Crippen LogP contribution in [0.5, 0.6) is 0 Å². The molecule has 2 aromatic rings. The van der Waals surface area contributed by atoms with Crippen molar-refractivity contribution >= 4 is 0 Å². The number of aryl methyl sites for hydroxylation is 2. The Kier molecular flexibility index (Phi) is 2.56. The summed E-state index contributed by atoms with van der Waals surface area (Å²) in [5, 5.41) is 4.04. The van der Waals surface area contributed by atoms with Crippen LogP contribution in [0.1, 0.15) is 16.9 Å². The van der Waals surface area contributed by atoms with Crippen molar-refractivity contribution < 1.29 is 4.52 Å². The predicted octanol–water partition coefficient (Wildman–Crippen LogP) is 2.42. The Labute approximate surface area is 88.9 Å². The lowest BCUT2D eigenvalue weighted by Crippen LogP contribution is -1.98. The van der Waals surface area contributed by atoms with Gasteiger partial charge in [-0.3, -0.25) is 0 Å². The molecule has 0 amide bonds. The Morgan fingerprint density at radius 2 is 2.13 bits per heavy atom. The van der Waals surface area contributed by atoms with Gasteiger partial charge >= 0.3 is 0 Å². The summed E-state index contributed by atoms with van der Waals surface area (Å²) in [6.07, 6.45) is 0. The van der Waals surface area contributed by atoms with Gasteiger partial charge in [0.15, 0.2) is 0 Å². The number of benzene rings is 1. The molecule has 0 spiro atoms. The maximum absolute atomic E-state index is 5.67. The Morgan fingerprint density at radius 1 is 1.33 bits per heavy atom. The highest BCUT2D eigenvalue weighted by Crippen LogP contribution is 2.25. The summed E-state index contributed by atoms with van der Waals surface area (Å²) >= 11 is 0. The molecular formula is C12H14N2O. The zero-order valence-electron chi connectivity index (χ0n) is 8.95. The number of hydrogen-bond acceptors (Lipinski definition) is 3. The summed E-state index contributed by atoms with van der Waals surface area (Å²) in [6.45, 7) is 4.39. The van der Waals surface area contributed by atoms with Gasteiger partial charge in [0.1, 0.15) is 11.5 Å². The molecule has 0 bridgehead atoms. The molecule has 1 aromatic carbocycles. The van der Waals surface area contributed by atoms with Crippen molar-refractivity contribution in [2.24, 2.45) is 5.73 Å². The molecule has 15 heavy (non-hydrogen) atoms. The lowest BCUT2D eigenvalue weighted by Gasteiger charge is -2.00. The minimum Gasteiger partial charge on any atom is -0.361 e. The predicted molar refractivity (Wildman–Crippen MR) is 59.3 cm³/mol. The van der Waals surface area contributed by atoms with Crippen LogP contribution in [-0.4, -0.2) is 5.16 Å². The molecule has 0 unspecified atom stereocenters. The molecular weight excluding hydrogens is 188 g/mol. The largest absolute Gasteiger partial charge is 0.361 e. The van der Waals surface area contributed by atoms with E-state index in [-0.39, 0.29) is 0 Å². The van der Waals surface area contributed by atoms with E-state index in [0.29, 0.717) is 6.54 Å². The fourth-order valence-electron chi connectivity index (χ4n) is 1.65. The molecule has 0 aliphatic heterocycles. The van der Waals surface area contributed by atoms with E-state index >= 15 is 0 Å². The second-order valence-corrected chi connectivity index (χ2v) is 3.64. The van der Waals surface area contributed by atoms with Crippen molar-refractivity contribution in [1.29, 1.82) is 0 Å². The molecule has 2 rings (SSSR count). The number of nitrogens with two attached hydrogens (primary N) is 1. The van der Waals surface area contributed by atoms with Gasteiger partial charge in [-0.2, -0.15) is 0 Å². The van der Waals surface area contributed by atoms with Crippen molar-refractivity contribution in [1.82, 2.24) is 5.16 Å². The van der Waals surface area contributed by atoms with E-state index < -0.39 is 0 Å². The van der Waals surface area contributed by atoms with Gasteiger partial charge in [0.05, 0.1) is 0 Å². The van der Waals surface area contributed by atoms with Crippen LogP contribution in [0.25, 0.3) is 11.3 Å². The van der Waals surface area contributed by atoms with Crippen molar-refractivity contribution in [3.05, 3.63) is 41.2 Å². The third-order valence-electron chi connectivity index (χ3n) is 2.48. The molecule has 1 heterocycles. The van der Waals surface area contributed by atoms with E-state index in [9.17, 15) is 0 Å². The Balaban J connectivity index is 2.54. The van der Waals surface area contributed by atoms with Gasteiger partial charge in [0, 0.05) is 17.7 Å². The minimum atomic E-state index is 0.457. The van der Waals surface area contributed by atoms with Gasteiger partial charge in [0.2, 0.25) is 0 Å². The Bertz CT molecular complexity index is 474. The Morgan fingerprint density at radius 3 is 2.80 bits per heavy atom. The van der Waals surface area contributed by atoms with Crippen LogP contribution < -0.4 is 5.73 Å². The van der Waals surface area contributed by atoms with E-state index in [0.717, 1.165) is 22.6 Å². The van der Waals surface area contributed by atoms with Gasteiger partial charge in [-0.05, 0) is 19.9 Å². The normalized spacial score (nSPS) is 10.6. The zero-order chi connectivity index (χ0) is 10.8. The average molecular weight is 202 g/mol. The fraction of sp³-hybridized carbons (Fsp3) is 0.250. The molecule has 0 saturated carbocycles. The monoisotopic (exact) mass is 202 g/mol. The minimum absolute atomic E-state index is 0.457. The maximum atomic E-state index is 5.67. The highest BCUT2D eigenvalue weighted by atomic mass is 16.5. The van der Waals surface area contributed by atoms with Gasteiger partial charge in [0.25, 0.3) is 0 Å². The quantitative estimate of drug-likeness (QED) is 0.813. The second-order valence-electron chi connectivity index (χ2n) is 3.64. The van der Waals surface area contributed by atoms with Gasteiger partial charge in [-0.25, -0.2) is 0 Å². The summed E-state index contributed by atoms with van der Waals surface area (Å²) in [5.41, 5.74) is 9.78. The number of nitrogens with zero attached hydrogens (tertiary/aromatic N) is 1. The zero-order valence-corrected chi connectivity index (χ0v) is 8.95. The van der Waals surface area contributed by atoms with E-state index in [1.807, 2.05) is 19.1 Å². The standard InChI is InChI=1S/C12H14N2O/c1-8-4-3-5-10(6-8)12-11(7-13)9(2)15-14-12/h3-6H,7,13H2,1-2H3. The first kappa shape index (κ1) is 9.93. The third kappa shape index (κ3) is 1.78. The molecule has 0 aliphatic carbocycles. The summed E-state index contributed by atoms with van der Waals surface area (Å²) in [6, 6.07) is 8.16. The van der Waals surface area contributed by atoms with Crippen molar-refractivity contribution in [3.63, 3.8) is 0 Å².